The Morgan fingerprint density at radius 3 is 1.25 bits per heavy atom. The molecule has 0 N–H and O–H groups in total. The van der Waals surface area contributed by atoms with E-state index in [2.05, 4.69) is 0 Å². The van der Waals surface area contributed by atoms with Crippen molar-refractivity contribution in [3.05, 3.63) is 0 Å². The topological polar surface area (TPSA) is 0 Å². The molecule has 0 aromatic carbocycles. The molecule has 22 valence electrons. The van der Waals surface area contributed by atoms with Gasteiger partial charge in [-0.2, -0.15) is 0 Å². The fourth-order valence-corrected chi connectivity index (χ4v) is 0. The summed E-state index contributed by atoms with van der Waals surface area (Å²) < 4.78 is 0. The first kappa shape index (κ1) is 25.0. The Morgan fingerprint density at radius 2 is 1.25 bits per heavy atom. The van der Waals surface area contributed by atoms with E-state index in [-0.39, 0.29) is 128 Å². The summed E-state index contributed by atoms with van der Waals surface area (Å²) in [7, 11) is 0. The van der Waals surface area contributed by atoms with Crippen molar-refractivity contribution < 1.29 is 5.71 Å². The smallest absolute Gasteiger partial charge is 1.00 e. The van der Waals surface area contributed by atoms with Crippen molar-refractivity contribution in [2.75, 3.05) is 0 Å². The van der Waals surface area contributed by atoms with Crippen LogP contribution < -0.4 is 0 Å². The molecule has 0 unspecified atom stereocenters. The van der Waals surface area contributed by atoms with Gasteiger partial charge in [0.05, 0.1) is 0 Å². The van der Waals surface area contributed by atoms with E-state index in [9.17, 15) is 0 Å². The molecular formula is H11AlBaSiSr. The Kier molecular flexibility index (Phi) is 98.9. The van der Waals surface area contributed by atoms with Gasteiger partial charge >= 0.3 is 94.4 Å². The average Bonchev–Trinajstić information content (AvgIpc) is 0. The minimum atomic E-state index is 0. The first-order valence-electron chi connectivity index (χ1n) is 0. The van der Waals surface area contributed by atoms with Crippen molar-refractivity contribution in [3.63, 3.8) is 0 Å². The first-order valence-corrected chi connectivity index (χ1v) is 0. The number of hydrogen-bond acceptors (Lipinski definition) is 0. The van der Waals surface area contributed by atoms with E-state index >= 15 is 0 Å². The maximum atomic E-state index is 0. The third-order valence-electron chi connectivity index (χ3n) is 0. The van der Waals surface area contributed by atoms with Crippen LogP contribution in [0.4, 0.5) is 0 Å². The molecule has 0 rings (SSSR count). The summed E-state index contributed by atoms with van der Waals surface area (Å²) in [5.41, 5.74) is 0. The van der Waals surface area contributed by atoms with Gasteiger partial charge in [-0.3, -0.25) is 0 Å². The molecule has 0 saturated carbocycles. The van der Waals surface area contributed by atoms with Crippen LogP contribution in [0.15, 0.2) is 0 Å². The van der Waals surface area contributed by atoms with Crippen LogP contribution in [0.25, 0.3) is 0 Å². The van der Waals surface area contributed by atoms with Gasteiger partial charge in [-0.1, -0.05) is 0 Å². The minimum Gasteiger partial charge on any atom is -1.00 e. The van der Waals surface area contributed by atoms with Crippen molar-refractivity contribution >= 4 is 123 Å². The van der Waals surface area contributed by atoms with Gasteiger partial charge in [-0.15, -0.1) is 0 Å². The molecule has 0 heterocycles. The summed E-state index contributed by atoms with van der Waals surface area (Å²) in [5.74, 6) is 0. The minimum absolute atomic E-state index is 0. The third-order valence-corrected chi connectivity index (χ3v) is 0. The maximum Gasteiger partial charge on any atom is 2.00 e. The van der Waals surface area contributed by atoms with Gasteiger partial charge in [0.25, 0.3) is 0 Å². The zero-order chi connectivity index (χ0) is 0. The second-order valence-corrected chi connectivity index (χ2v) is 0. The predicted molar refractivity (Wildman–Crippen MR) is 37.2 cm³/mol. The molecule has 0 aliphatic rings. The van der Waals surface area contributed by atoms with Crippen molar-refractivity contribution in [2.24, 2.45) is 0 Å². The van der Waals surface area contributed by atoms with E-state index in [1.807, 2.05) is 0 Å². The molecule has 0 saturated heterocycles. The molecule has 0 nitrogen and oxygen atoms in total. The quantitative estimate of drug-likeness (QED) is 0.419. The third kappa shape index (κ3) is 9.26. The molecule has 0 aromatic heterocycles. The average molecular weight is 291 g/mol. The van der Waals surface area contributed by atoms with E-state index in [4.69, 9.17) is 0 Å². The Balaban J connectivity index is 0. The molecule has 0 aromatic rings. The summed E-state index contributed by atoms with van der Waals surface area (Å²) in [4.78, 5) is 0. The van der Waals surface area contributed by atoms with E-state index in [1.165, 1.54) is 0 Å². The molecule has 0 bridgehead atoms. The van der Waals surface area contributed by atoms with Gasteiger partial charge in [-0.25, -0.2) is 0 Å². The van der Waals surface area contributed by atoms with Gasteiger partial charge in [0, 0.05) is 0 Å². The molecule has 0 atom stereocenters. The van der Waals surface area contributed by atoms with Crippen LogP contribution >= 0.6 is 0 Å². The van der Waals surface area contributed by atoms with Gasteiger partial charge in [0.15, 0.2) is 17.4 Å². The van der Waals surface area contributed by atoms with Crippen LogP contribution in [0.2, 0.25) is 0 Å². The Bertz CT molecular complexity index is 16.0. The Labute approximate surface area is 125 Å². The fraction of sp³-hybridized carbons (Fsp3) is 0. The summed E-state index contributed by atoms with van der Waals surface area (Å²) in [6, 6.07) is 0. The number of rotatable bonds is 0. The Hall–Kier alpha value is 3.80. The van der Waals surface area contributed by atoms with Crippen molar-refractivity contribution in [1.82, 2.24) is 0 Å². The van der Waals surface area contributed by atoms with Crippen LogP contribution in [0.3, 0.4) is 0 Å². The van der Waals surface area contributed by atoms with Gasteiger partial charge < -0.3 is 5.71 Å². The van der Waals surface area contributed by atoms with Crippen molar-refractivity contribution in [2.45, 2.75) is 0 Å². The summed E-state index contributed by atoms with van der Waals surface area (Å²) in [6.45, 7) is 0. The van der Waals surface area contributed by atoms with Gasteiger partial charge in [0.2, 0.25) is 0 Å². The molecule has 0 amide bonds. The SMILES string of the molecule is [AlH3].[Ba+2].[H-].[H-].[H-].[H-].[SiH4].[Sr+2]. The van der Waals surface area contributed by atoms with Crippen LogP contribution in [-0.2, 0) is 0 Å². The zero-order valence-corrected chi connectivity index (χ0v) is 9.33. The second-order valence-electron chi connectivity index (χ2n) is 0. The molecule has 0 spiro atoms. The monoisotopic (exact) mass is 292 g/mol. The molecule has 4 heteroatoms. The summed E-state index contributed by atoms with van der Waals surface area (Å²) in [6.07, 6.45) is 0. The fourth-order valence-electron chi connectivity index (χ4n) is 0. The van der Waals surface area contributed by atoms with E-state index < -0.39 is 0 Å². The van der Waals surface area contributed by atoms with Crippen molar-refractivity contribution in [3.8, 4) is 0 Å². The standard InChI is InChI=1S/Al.Ba.H4Si.Sr.7H/h;;1H4;;;;;;;;/q;+2;;+2;;;;4*-1. The zero-order valence-electron chi connectivity index (χ0n) is 5.41. The first-order chi connectivity index (χ1) is 0. The van der Waals surface area contributed by atoms with Crippen LogP contribution in [0, 0.1) is 0 Å². The van der Waals surface area contributed by atoms with Crippen LogP contribution in [0.5, 0.6) is 0 Å². The van der Waals surface area contributed by atoms with Crippen LogP contribution in [-0.4, -0.2) is 123 Å². The molecule has 0 fully saturated rings. The molecule has 0 aliphatic heterocycles. The predicted octanol–water partition coefficient (Wildman–Crippen LogP) is -2.95. The maximum absolute atomic E-state index is 0. The summed E-state index contributed by atoms with van der Waals surface area (Å²) in [5, 5.41) is 0. The molecule has 4 heavy (non-hydrogen) atoms. The Morgan fingerprint density at radius 1 is 1.25 bits per heavy atom. The van der Waals surface area contributed by atoms with E-state index in [0.29, 0.717) is 0 Å². The van der Waals surface area contributed by atoms with Crippen molar-refractivity contribution in [1.29, 1.82) is 0 Å². The molecular weight excluding hydrogens is 280 g/mol. The molecule has 0 radical (unpaired) electrons. The normalized spacial score (nSPS) is 0. The second kappa shape index (κ2) is 15.8. The largest absolute Gasteiger partial charge is 2.00 e. The van der Waals surface area contributed by atoms with Crippen LogP contribution in [0.1, 0.15) is 5.71 Å². The van der Waals surface area contributed by atoms with E-state index in [1.54, 1.807) is 0 Å². The van der Waals surface area contributed by atoms with Gasteiger partial charge in [0.1, 0.15) is 0 Å². The van der Waals surface area contributed by atoms with Gasteiger partial charge in [-0.05, 0) is 11.0 Å². The number of hydrogen-bond donors (Lipinski definition) is 0. The molecule has 0 aliphatic carbocycles. The summed E-state index contributed by atoms with van der Waals surface area (Å²) >= 11 is 0. The van der Waals surface area contributed by atoms with E-state index in [0.717, 1.165) is 0 Å².